The van der Waals surface area contributed by atoms with Crippen molar-refractivity contribution in [3.8, 4) is 0 Å². The number of aryl methyl sites for hydroxylation is 1. The molecule has 2 N–H and O–H groups in total. The fourth-order valence-corrected chi connectivity index (χ4v) is 2.83. The van der Waals surface area contributed by atoms with Crippen LogP contribution in [0.5, 0.6) is 0 Å². The number of halogens is 1. The summed E-state index contributed by atoms with van der Waals surface area (Å²) in [7, 11) is 0. The SMILES string of the molecule is Cc1cc([N+](=O)[O-])c(Cl)cc1NC(=S)NC(=O)c1ccc(C(C)(C)C)cc1. The van der Waals surface area contributed by atoms with E-state index in [1.807, 2.05) is 12.1 Å². The first-order valence-electron chi connectivity index (χ1n) is 8.16. The summed E-state index contributed by atoms with van der Waals surface area (Å²) < 4.78 is 0. The zero-order valence-electron chi connectivity index (χ0n) is 15.4. The van der Waals surface area contributed by atoms with Crippen LogP contribution >= 0.6 is 23.8 Å². The second-order valence-corrected chi connectivity index (χ2v) is 7.93. The van der Waals surface area contributed by atoms with Crippen molar-refractivity contribution < 1.29 is 9.72 Å². The lowest BCUT2D eigenvalue weighted by Gasteiger charge is -2.19. The Morgan fingerprint density at radius 1 is 1.19 bits per heavy atom. The second-order valence-electron chi connectivity index (χ2n) is 7.11. The number of benzene rings is 2. The van der Waals surface area contributed by atoms with E-state index >= 15 is 0 Å². The fourth-order valence-electron chi connectivity index (χ4n) is 2.39. The van der Waals surface area contributed by atoms with Gasteiger partial charge >= 0.3 is 0 Å². The van der Waals surface area contributed by atoms with Crippen molar-refractivity contribution in [2.45, 2.75) is 33.1 Å². The molecule has 0 radical (unpaired) electrons. The highest BCUT2D eigenvalue weighted by atomic mass is 35.5. The van der Waals surface area contributed by atoms with Gasteiger partial charge in [-0.1, -0.05) is 44.5 Å². The van der Waals surface area contributed by atoms with E-state index in [0.29, 0.717) is 16.8 Å². The van der Waals surface area contributed by atoms with E-state index in [9.17, 15) is 14.9 Å². The molecule has 2 aromatic rings. The van der Waals surface area contributed by atoms with Gasteiger partial charge < -0.3 is 5.32 Å². The Labute approximate surface area is 168 Å². The summed E-state index contributed by atoms with van der Waals surface area (Å²) in [4.78, 5) is 22.7. The van der Waals surface area contributed by atoms with Crippen molar-refractivity contribution >= 4 is 46.2 Å². The lowest BCUT2D eigenvalue weighted by molar-refractivity contribution is -0.384. The molecular formula is C19H20ClN3O3S. The summed E-state index contributed by atoms with van der Waals surface area (Å²) >= 11 is 11.1. The van der Waals surface area contributed by atoms with Crippen LogP contribution in [0.4, 0.5) is 11.4 Å². The predicted octanol–water partition coefficient (Wildman–Crippen LogP) is 4.98. The molecule has 8 heteroatoms. The molecule has 0 bridgehead atoms. The van der Waals surface area contributed by atoms with Gasteiger partial charge in [-0.05, 0) is 53.9 Å². The summed E-state index contributed by atoms with van der Waals surface area (Å²) in [5, 5.41) is 16.4. The van der Waals surface area contributed by atoms with Crippen LogP contribution < -0.4 is 10.6 Å². The number of anilines is 1. The molecule has 0 saturated carbocycles. The zero-order chi connectivity index (χ0) is 20.4. The maximum absolute atomic E-state index is 12.3. The summed E-state index contributed by atoms with van der Waals surface area (Å²) in [6.45, 7) is 7.97. The van der Waals surface area contributed by atoms with Gasteiger partial charge in [0.05, 0.1) is 4.92 Å². The third kappa shape index (κ3) is 5.24. The quantitative estimate of drug-likeness (QED) is 0.427. The fraction of sp³-hybridized carbons (Fsp3) is 0.263. The zero-order valence-corrected chi connectivity index (χ0v) is 17.0. The van der Waals surface area contributed by atoms with Gasteiger partial charge in [-0.3, -0.25) is 20.2 Å². The predicted molar refractivity (Wildman–Crippen MR) is 112 cm³/mol. The standard InChI is InChI=1S/C19H20ClN3O3S/c1-11-9-16(23(25)26)14(20)10-15(11)21-18(27)22-17(24)12-5-7-13(8-6-12)19(2,3)4/h5-10H,1-4H3,(H2,21,22,24,27). The molecule has 0 atom stereocenters. The highest BCUT2D eigenvalue weighted by Gasteiger charge is 2.17. The summed E-state index contributed by atoms with van der Waals surface area (Å²) in [6, 6.07) is 10.1. The summed E-state index contributed by atoms with van der Waals surface area (Å²) in [6.07, 6.45) is 0. The van der Waals surface area contributed by atoms with Crippen LogP contribution in [0.3, 0.4) is 0 Å². The minimum atomic E-state index is -0.555. The number of thiocarbonyl (C=S) groups is 1. The number of rotatable bonds is 3. The monoisotopic (exact) mass is 405 g/mol. The smallest absolute Gasteiger partial charge is 0.288 e. The lowest BCUT2D eigenvalue weighted by Crippen LogP contribution is -2.34. The third-order valence-corrected chi connectivity index (χ3v) is 4.49. The van der Waals surface area contributed by atoms with Gasteiger partial charge in [0.15, 0.2) is 5.11 Å². The molecule has 0 spiro atoms. The van der Waals surface area contributed by atoms with Crippen molar-refractivity contribution in [2.75, 3.05) is 5.32 Å². The van der Waals surface area contributed by atoms with Crippen molar-refractivity contribution in [1.82, 2.24) is 5.32 Å². The molecule has 27 heavy (non-hydrogen) atoms. The number of hydrogen-bond acceptors (Lipinski definition) is 4. The molecule has 2 aromatic carbocycles. The maximum atomic E-state index is 12.3. The Balaban J connectivity index is 2.08. The van der Waals surface area contributed by atoms with Crippen LogP contribution in [0.15, 0.2) is 36.4 Å². The Hall–Kier alpha value is -2.51. The van der Waals surface area contributed by atoms with E-state index in [4.69, 9.17) is 23.8 Å². The van der Waals surface area contributed by atoms with Crippen LogP contribution in [0.25, 0.3) is 0 Å². The van der Waals surface area contributed by atoms with Crippen LogP contribution in [0.2, 0.25) is 5.02 Å². The third-order valence-electron chi connectivity index (χ3n) is 3.98. The van der Waals surface area contributed by atoms with Crippen molar-refractivity contribution in [1.29, 1.82) is 0 Å². The number of carbonyl (C=O) groups excluding carboxylic acids is 1. The maximum Gasteiger partial charge on any atom is 0.288 e. The molecule has 142 valence electrons. The number of nitro groups is 1. The molecule has 0 saturated heterocycles. The number of nitrogens with zero attached hydrogens (tertiary/aromatic N) is 1. The molecule has 0 aliphatic carbocycles. The molecule has 0 aliphatic heterocycles. The number of nitro benzene ring substituents is 1. The van der Waals surface area contributed by atoms with Crippen molar-refractivity contribution in [3.63, 3.8) is 0 Å². The highest BCUT2D eigenvalue weighted by Crippen LogP contribution is 2.30. The van der Waals surface area contributed by atoms with Gasteiger partial charge in [0.2, 0.25) is 0 Å². The minimum absolute atomic E-state index is 0.00141. The molecular weight excluding hydrogens is 386 g/mol. The Bertz CT molecular complexity index is 906. The van der Waals surface area contributed by atoms with Crippen LogP contribution in [-0.2, 0) is 5.41 Å². The van der Waals surface area contributed by atoms with Gasteiger partial charge in [-0.25, -0.2) is 0 Å². The summed E-state index contributed by atoms with van der Waals surface area (Å²) in [5.74, 6) is -0.348. The molecule has 2 rings (SSSR count). The van der Waals surface area contributed by atoms with Crippen molar-refractivity contribution in [3.05, 3.63) is 68.2 Å². The first-order valence-corrected chi connectivity index (χ1v) is 8.95. The highest BCUT2D eigenvalue weighted by molar-refractivity contribution is 7.80. The molecule has 6 nitrogen and oxygen atoms in total. The van der Waals surface area contributed by atoms with Crippen LogP contribution in [0, 0.1) is 17.0 Å². The average Bonchev–Trinajstić information content (AvgIpc) is 2.56. The Kier molecular flexibility index (Phi) is 6.18. The number of nitrogens with one attached hydrogen (secondary N) is 2. The van der Waals surface area contributed by atoms with Gasteiger partial charge in [0, 0.05) is 17.3 Å². The molecule has 0 fully saturated rings. The molecule has 1 amide bonds. The number of hydrogen-bond donors (Lipinski definition) is 2. The normalized spacial score (nSPS) is 11.0. The minimum Gasteiger partial charge on any atom is -0.332 e. The van der Waals surface area contributed by atoms with Gasteiger partial charge in [0.1, 0.15) is 5.02 Å². The first-order chi connectivity index (χ1) is 12.5. The molecule has 0 aromatic heterocycles. The van der Waals surface area contributed by atoms with E-state index in [0.717, 1.165) is 5.56 Å². The molecule has 0 heterocycles. The second kappa shape index (κ2) is 8.02. The van der Waals surface area contributed by atoms with E-state index in [-0.39, 0.29) is 27.1 Å². The van der Waals surface area contributed by atoms with E-state index < -0.39 is 4.92 Å². The first kappa shape index (κ1) is 20.8. The van der Waals surface area contributed by atoms with Crippen LogP contribution in [0.1, 0.15) is 42.3 Å². The average molecular weight is 406 g/mol. The lowest BCUT2D eigenvalue weighted by atomic mass is 9.87. The summed E-state index contributed by atoms with van der Waals surface area (Å²) in [5.41, 5.74) is 2.48. The van der Waals surface area contributed by atoms with E-state index in [1.165, 1.54) is 12.1 Å². The Morgan fingerprint density at radius 2 is 1.78 bits per heavy atom. The molecule has 0 aliphatic rings. The topological polar surface area (TPSA) is 84.3 Å². The molecule has 0 unspecified atom stereocenters. The number of amides is 1. The van der Waals surface area contributed by atoms with E-state index in [2.05, 4.69) is 31.4 Å². The largest absolute Gasteiger partial charge is 0.332 e. The van der Waals surface area contributed by atoms with Crippen LogP contribution in [-0.4, -0.2) is 15.9 Å². The van der Waals surface area contributed by atoms with Crippen molar-refractivity contribution in [2.24, 2.45) is 0 Å². The number of carbonyl (C=O) groups is 1. The Morgan fingerprint density at radius 3 is 2.30 bits per heavy atom. The van der Waals surface area contributed by atoms with E-state index in [1.54, 1.807) is 19.1 Å². The van der Waals surface area contributed by atoms with Gasteiger partial charge in [-0.2, -0.15) is 0 Å². The van der Waals surface area contributed by atoms with Gasteiger partial charge in [-0.15, -0.1) is 0 Å². The van der Waals surface area contributed by atoms with Gasteiger partial charge in [0.25, 0.3) is 11.6 Å².